The van der Waals surface area contributed by atoms with Gasteiger partial charge < -0.3 is 21.1 Å². The number of rotatable bonds is 7. The molecule has 1 rings (SSSR count). The first kappa shape index (κ1) is 16.4. The zero-order valence-corrected chi connectivity index (χ0v) is 11.8. The fourth-order valence-corrected chi connectivity index (χ4v) is 1.43. The largest absolute Gasteiger partial charge is 0.476 e. The number of likely N-dealkylation sites (N-methyl/N-ethyl adjacent to an activating group) is 1. The summed E-state index contributed by atoms with van der Waals surface area (Å²) >= 11 is 0. The van der Waals surface area contributed by atoms with E-state index in [2.05, 4.69) is 26.3 Å². The number of carboxylic acid groups (broad SMARTS) is 1. The first-order valence-corrected chi connectivity index (χ1v) is 6.39. The summed E-state index contributed by atoms with van der Waals surface area (Å²) in [6.07, 6.45) is 1.26. The van der Waals surface area contributed by atoms with E-state index in [-0.39, 0.29) is 24.7 Å². The highest BCUT2D eigenvalue weighted by atomic mass is 16.4. The molecule has 4 N–H and O–H groups in total. The average Bonchev–Trinajstić information content (AvgIpc) is 2.88. The van der Waals surface area contributed by atoms with Crippen LogP contribution in [0.5, 0.6) is 0 Å². The van der Waals surface area contributed by atoms with Crippen molar-refractivity contribution in [3.8, 4) is 0 Å². The molecule has 1 unspecified atom stereocenters. The van der Waals surface area contributed by atoms with Crippen LogP contribution < -0.4 is 16.0 Å². The van der Waals surface area contributed by atoms with Crippen molar-refractivity contribution in [1.82, 2.24) is 30.9 Å². The molecule has 1 heterocycles. The summed E-state index contributed by atoms with van der Waals surface area (Å²) in [5.41, 5.74) is -0.163. The summed E-state index contributed by atoms with van der Waals surface area (Å²) in [5.74, 6) is -1.43. The highest BCUT2D eigenvalue weighted by molar-refractivity contribution is 5.86. The van der Waals surface area contributed by atoms with Gasteiger partial charge in [0.2, 0.25) is 5.91 Å². The molecule has 0 bridgehead atoms. The van der Waals surface area contributed by atoms with Crippen LogP contribution in [0, 0.1) is 0 Å². The van der Waals surface area contributed by atoms with Gasteiger partial charge in [-0.2, -0.15) is 0 Å². The van der Waals surface area contributed by atoms with Gasteiger partial charge in [0.15, 0.2) is 5.69 Å². The lowest BCUT2D eigenvalue weighted by molar-refractivity contribution is -0.122. The molecule has 1 aromatic rings. The minimum Gasteiger partial charge on any atom is -0.476 e. The highest BCUT2D eigenvalue weighted by Crippen LogP contribution is 1.91. The van der Waals surface area contributed by atoms with Gasteiger partial charge in [0.25, 0.3) is 0 Å². The number of urea groups is 1. The number of carboxylic acids is 1. The quantitative estimate of drug-likeness (QED) is 0.499. The van der Waals surface area contributed by atoms with Gasteiger partial charge >= 0.3 is 12.0 Å². The Morgan fingerprint density at radius 2 is 2.10 bits per heavy atom. The minimum atomic E-state index is -1.16. The predicted molar refractivity (Wildman–Crippen MR) is 71.7 cm³/mol. The van der Waals surface area contributed by atoms with Crippen molar-refractivity contribution in [2.75, 3.05) is 13.1 Å². The maximum Gasteiger partial charge on any atom is 0.358 e. The molecule has 0 fully saturated rings. The van der Waals surface area contributed by atoms with Gasteiger partial charge in [-0.3, -0.25) is 4.79 Å². The van der Waals surface area contributed by atoms with E-state index in [1.54, 1.807) is 13.8 Å². The number of hydrogen-bond donors (Lipinski definition) is 4. The molecule has 0 radical (unpaired) electrons. The van der Waals surface area contributed by atoms with Crippen LogP contribution >= 0.6 is 0 Å². The van der Waals surface area contributed by atoms with E-state index >= 15 is 0 Å². The van der Waals surface area contributed by atoms with E-state index in [4.69, 9.17) is 5.11 Å². The highest BCUT2D eigenvalue weighted by Gasteiger charge is 2.14. The Bertz CT molecular complexity index is 515. The van der Waals surface area contributed by atoms with Crippen molar-refractivity contribution in [2.24, 2.45) is 0 Å². The van der Waals surface area contributed by atoms with Crippen LogP contribution in [0.3, 0.4) is 0 Å². The molecule has 10 nitrogen and oxygen atoms in total. The van der Waals surface area contributed by atoms with Crippen molar-refractivity contribution in [1.29, 1.82) is 0 Å². The molecule has 1 aromatic heterocycles. The van der Waals surface area contributed by atoms with Gasteiger partial charge in [0.05, 0.1) is 12.7 Å². The van der Waals surface area contributed by atoms with Crippen LogP contribution in [0.4, 0.5) is 4.79 Å². The molecular weight excluding hydrogens is 280 g/mol. The Balaban J connectivity index is 2.29. The monoisotopic (exact) mass is 298 g/mol. The minimum absolute atomic E-state index is 0.163. The van der Waals surface area contributed by atoms with Crippen LogP contribution in [0.1, 0.15) is 24.3 Å². The van der Waals surface area contributed by atoms with Crippen molar-refractivity contribution in [3.63, 3.8) is 0 Å². The molecule has 3 amide bonds. The Kier molecular flexibility index (Phi) is 6.11. The number of aromatic nitrogens is 3. The number of carbonyl (C=O) groups is 3. The fourth-order valence-electron chi connectivity index (χ4n) is 1.43. The van der Waals surface area contributed by atoms with Crippen LogP contribution in [-0.4, -0.2) is 57.1 Å². The Morgan fingerprint density at radius 3 is 2.67 bits per heavy atom. The summed E-state index contributed by atoms with van der Waals surface area (Å²) in [4.78, 5) is 33.5. The summed E-state index contributed by atoms with van der Waals surface area (Å²) in [5, 5.41) is 23.3. The zero-order valence-electron chi connectivity index (χ0n) is 11.8. The predicted octanol–water partition coefficient (Wildman–Crippen LogP) is -1.20. The third-order valence-corrected chi connectivity index (χ3v) is 2.48. The second-order valence-electron chi connectivity index (χ2n) is 4.19. The summed E-state index contributed by atoms with van der Waals surface area (Å²) < 4.78 is 1.30. The molecule has 116 valence electrons. The SMILES string of the molecule is CCNC(=O)C(C)NC(=O)NCCn1cc(C(=O)O)nn1. The Hall–Kier alpha value is -2.65. The number of hydrogen-bond acceptors (Lipinski definition) is 5. The van der Waals surface area contributed by atoms with Gasteiger partial charge in [-0.25, -0.2) is 14.3 Å². The lowest BCUT2D eigenvalue weighted by atomic mass is 10.3. The molecule has 0 aromatic carbocycles. The third kappa shape index (κ3) is 5.47. The average molecular weight is 298 g/mol. The first-order chi connectivity index (χ1) is 9.93. The zero-order chi connectivity index (χ0) is 15.8. The smallest absolute Gasteiger partial charge is 0.358 e. The van der Waals surface area contributed by atoms with Gasteiger partial charge in [-0.05, 0) is 13.8 Å². The van der Waals surface area contributed by atoms with Gasteiger partial charge in [0, 0.05) is 13.1 Å². The van der Waals surface area contributed by atoms with Crippen molar-refractivity contribution in [2.45, 2.75) is 26.4 Å². The molecule has 10 heteroatoms. The van der Waals surface area contributed by atoms with Crippen LogP contribution in [0.2, 0.25) is 0 Å². The Labute approximate surface area is 120 Å². The van der Waals surface area contributed by atoms with Crippen molar-refractivity contribution >= 4 is 17.9 Å². The molecule has 0 aliphatic heterocycles. The Morgan fingerprint density at radius 1 is 1.38 bits per heavy atom. The molecule has 0 saturated heterocycles. The van der Waals surface area contributed by atoms with Crippen molar-refractivity contribution in [3.05, 3.63) is 11.9 Å². The molecule has 21 heavy (non-hydrogen) atoms. The van der Waals surface area contributed by atoms with Crippen LogP contribution in [0.25, 0.3) is 0 Å². The third-order valence-electron chi connectivity index (χ3n) is 2.48. The first-order valence-electron chi connectivity index (χ1n) is 6.39. The molecule has 0 aliphatic carbocycles. The van der Waals surface area contributed by atoms with Gasteiger partial charge in [-0.15, -0.1) is 5.10 Å². The van der Waals surface area contributed by atoms with Crippen molar-refractivity contribution < 1.29 is 19.5 Å². The van der Waals surface area contributed by atoms with E-state index in [9.17, 15) is 14.4 Å². The van der Waals surface area contributed by atoms with E-state index in [1.165, 1.54) is 10.9 Å². The number of nitrogens with zero attached hydrogens (tertiary/aromatic N) is 3. The molecule has 0 spiro atoms. The van der Waals surface area contributed by atoms with Crippen LogP contribution in [-0.2, 0) is 11.3 Å². The molecule has 0 saturated carbocycles. The fraction of sp³-hybridized carbons (Fsp3) is 0.545. The maximum absolute atomic E-state index is 11.5. The van der Waals surface area contributed by atoms with E-state index < -0.39 is 18.0 Å². The topological polar surface area (TPSA) is 138 Å². The maximum atomic E-state index is 11.5. The van der Waals surface area contributed by atoms with E-state index in [0.29, 0.717) is 6.54 Å². The van der Waals surface area contributed by atoms with E-state index in [0.717, 1.165) is 0 Å². The lowest BCUT2D eigenvalue weighted by Gasteiger charge is -2.13. The van der Waals surface area contributed by atoms with E-state index in [1.807, 2.05) is 0 Å². The molecular formula is C11H18N6O4. The standard InChI is InChI=1S/C11H18N6O4/c1-3-12-9(18)7(2)14-11(21)13-4-5-17-6-8(10(19)20)15-16-17/h6-7H,3-5H2,1-2H3,(H,12,18)(H,19,20)(H2,13,14,21). The lowest BCUT2D eigenvalue weighted by Crippen LogP contribution is -2.48. The second-order valence-corrected chi connectivity index (χ2v) is 4.19. The summed E-state index contributed by atoms with van der Waals surface area (Å²) in [6, 6.07) is -1.14. The summed E-state index contributed by atoms with van der Waals surface area (Å²) in [7, 11) is 0. The molecule has 0 aliphatic rings. The summed E-state index contributed by atoms with van der Waals surface area (Å²) in [6.45, 7) is 4.33. The number of amides is 3. The number of aromatic carboxylic acids is 1. The van der Waals surface area contributed by atoms with Crippen LogP contribution in [0.15, 0.2) is 6.20 Å². The second kappa shape index (κ2) is 7.82. The van der Waals surface area contributed by atoms with Gasteiger partial charge in [-0.1, -0.05) is 5.21 Å². The number of nitrogens with one attached hydrogen (secondary N) is 3. The van der Waals surface area contributed by atoms with Gasteiger partial charge in [0.1, 0.15) is 6.04 Å². The number of carbonyl (C=O) groups excluding carboxylic acids is 2. The molecule has 1 atom stereocenters. The normalized spacial score (nSPS) is 11.5.